The van der Waals surface area contributed by atoms with Gasteiger partial charge in [0.15, 0.2) is 5.03 Å². The zero-order valence-electron chi connectivity index (χ0n) is 11.0. The molecule has 0 radical (unpaired) electrons. The first-order valence-electron chi connectivity index (χ1n) is 5.98. The number of ether oxygens (including phenoxy) is 1. The van der Waals surface area contributed by atoms with E-state index < -0.39 is 15.4 Å². The lowest BCUT2D eigenvalue weighted by molar-refractivity contribution is 0.415. The topological polar surface area (TPSA) is 105 Å². The average Bonchev–Trinajstić information content (AvgIpc) is 2.91. The Morgan fingerprint density at radius 3 is 2.62 bits per heavy atom. The van der Waals surface area contributed by atoms with Crippen LogP contribution in [0.25, 0.3) is 10.9 Å². The lowest BCUT2D eigenvalue weighted by atomic mass is 10.2. The molecule has 7 nitrogen and oxygen atoms in total. The zero-order valence-corrected chi connectivity index (χ0v) is 11.8. The number of hydrogen-bond acceptors (Lipinski definition) is 5. The van der Waals surface area contributed by atoms with Crippen molar-refractivity contribution >= 4 is 20.7 Å². The number of aromatic nitrogens is 3. The van der Waals surface area contributed by atoms with Crippen LogP contribution >= 0.6 is 0 Å². The predicted octanol–water partition coefficient (Wildman–Crippen LogP) is 1.09. The maximum atomic E-state index is 12.4. The summed E-state index contributed by atoms with van der Waals surface area (Å²) in [5, 5.41) is 6.16. The quantitative estimate of drug-likeness (QED) is 0.753. The fourth-order valence-electron chi connectivity index (χ4n) is 1.95. The molecule has 0 aliphatic carbocycles. The molecule has 0 saturated heterocycles. The molecule has 0 bridgehead atoms. The molecule has 2 N–H and O–H groups in total. The second-order valence-electron chi connectivity index (χ2n) is 4.35. The van der Waals surface area contributed by atoms with Gasteiger partial charge in [-0.25, -0.2) is 13.5 Å². The first kappa shape index (κ1) is 13.4. The van der Waals surface area contributed by atoms with Gasteiger partial charge in [0.1, 0.15) is 10.8 Å². The fourth-order valence-corrected chi connectivity index (χ4v) is 3.11. The Balaban J connectivity index is 2.14. The molecule has 0 aliphatic heterocycles. The number of H-pyrrole nitrogens is 2. The number of nitrogens with zero attached hydrogens (tertiary/aromatic N) is 1. The Kier molecular flexibility index (Phi) is 3.02. The molecule has 108 valence electrons. The summed E-state index contributed by atoms with van der Waals surface area (Å²) < 4.78 is 29.9. The summed E-state index contributed by atoms with van der Waals surface area (Å²) in [7, 11) is -2.28. The van der Waals surface area contributed by atoms with Gasteiger partial charge in [-0.05, 0) is 30.3 Å². The number of hydrogen-bond donors (Lipinski definition) is 2. The van der Waals surface area contributed by atoms with E-state index in [4.69, 9.17) is 4.74 Å². The Bertz CT molecular complexity index is 952. The molecule has 3 aromatic rings. The normalized spacial score (nSPS) is 11.7. The van der Waals surface area contributed by atoms with Gasteiger partial charge in [0, 0.05) is 17.0 Å². The Morgan fingerprint density at radius 2 is 1.95 bits per heavy atom. The zero-order chi connectivity index (χ0) is 15.0. The maximum Gasteiger partial charge on any atom is 0.264 e. The van der Waals surface area contributed by atoms with Crippen molar-refractivity contribution in [3.8, 4) is 5.75 Å². The van der Waals surface area contributed by atoms with Gasteiger partial charge in [0.05, 0.1) is 7.11 Å². The molecule has 0 atom stereocenters. The molecule has 0 spiro atoms. The molecule has 21 heavy (non-hydrogen) atoms. The third-order valence-electron chi connectivity index (χ3n) is 3.02. The smallest absolute Gasteiger partial charge is 0.264 e. The SMILES string of the molecule is COc1ccc2[nH]c(S(=O)(=O)c3ccc(=O)[nH]n3)cc2c1. The molecule has 2 heterocycles. The van der Waals surface area contributed by atoms with Gasteiger partial charge in [-0.2, -0.15) is 5.10 Å². The van der Waals surface area contributed by atoms with Crippen molar-refractivity contribution in [2.24, 2.45) is 0 Å². The third kappa shape index (κ3) is 2.29. The highest BCUT2D eigenvalue weighted by molar-refractivity contribution is 7.91. The Labute approximate surface area is 119 Å². The van der Waals surface area contributed by atoms with Crippen LogP contribution in [0.1, 0.15) is 0 Å². The summed E-state index contributed by atoms with van der Waals surface area (Å²) in [4.78, 5) is 13.8. The van der Waals surface area contributed by atoms with E-state index in [9.17, 15) is 13.2 Å². The van der Waals surface area contributed by atoms with Crippen molar-refractivity contribution in [3.05, 3.63) is 46.8 Å². The first-order valence-corrected chi connectivity index (χ1v) is 7.46. The molecule has 1 aromatic carbocycles. The van der Waals surface area contributed by atoms with Gasteiger partial charge >= 0.3 is 0 Å². The second kappa shape index (κ2) is 4.74. The van der Waals surface area contributed by atoms with Crippen LogP contribution in [0.15, 0.2) is 51.2 Å². The molecular weight excluding hydrogens is 294 g/mol. The van der Waals surface area contributed by atoms with E-state index in [0.29, 0.717) is 16.7 Å². The summed E-state index contributed by atoms with van der Waals surface area (Å²) in [6, 6.07) is 8.97. The van der Waals surface area contributed by atoms with Crippen LogP contribution in [-0.2, 0) is 9.84 Å². The molecule has 0 saturated carbocycles. The van der Waals surface area contributed by atoms with Gasteiger partial charge in [0.25, 0.3) is 5.56 Å². The molecule has 0 amide bonds. The fraction of sp³-hybridized carbons (Fsp3) is 0.0769. The van der Waals surface area contributed by atoms with Crippen molar-refractivity contribution in [1.29, 1.82) is 0 Å². The van der Waals surface area contributed by atoms with E-state index in [1.165, 1.54) is 19.2 Å². The van der Waals surface area contributed by atoms with Crippen molar-refractivity contribution in [2.75, 3.05) is 7.11 Å². The van der Waals surface area contributed by atoms with Gasteiger partial charge in [0.2, 0.25) is 9.84 Å². The standard InChI is InChI=1S/C13H11N3O4S/c1-20-9-2-3-10-8(6-9)7-13(14-10)21(18,19)12-5-4-11(17)15-16-12/h2-7,14H,1H3,(H,15,17). The summed E-state index contributed by atoms with van der Waals surface area (Å²) in [5.74, 6) is 0.632. The van der Waals surface area contributed by atoms with Gasteiger partial charge in [-0.15, -0.1) is 0 Å². The third-order valence-corrected chi connectivity index (χ3v) is 4.60. The lowest BCUT2D eigenvalue weighted by Crippen LogP contribution is -2.12. The molecule has 2 aromatic heterocycles. The molecule has 0 fully saturated rings. The molecular formula is C13H11N3O4S. The van der Waals surface area contributed by atoms with E-state index in [2.05, 4.69) is 15.2 Å². The number of rotatable bonds is 3. The van der Waals surface area contributed by atoms with Crippen LogP contribution in [-0.4, -0.2) is 30.7 Å². The summed E-state index contributed by atoms with van der Waals surface area (Å²) in [6.07, 6.45) is 0. The van der Waals surface area contributed by atoms with Crippen molar-refractivity contribution < 1.29 is 13.2 Å². The van der Waals surface area contributed by atoms with Gasteiger partial charge < -0.3 is 9.72 Å². The van der Waals surface area contributed by atoms with Crippen LogP contribution < -0.4 is 10.3 Å². The maximum absolute atomic E-state index is 12.4. The molecule has 3 rings (SSSR count). The van der Waals surface area contributed by atoms with E-state index in [1.807, 2.05) is 0 Å². The van der Waals surface area contributed by atoms with E-state index in [0.717, 1.165) is 6.07 Å². The highest BCUT2D eigenvalue weighted by Gasteiger charge is 2.22. The largest absolute Gasteiger partial charge is 0.497 e. The minimum absolute atomic E-state index is 0.00491. The van der Waals surface area contributed by atoms with Gasteiger partial charge in [-0.1, -0.05) is 0 Å². The van der Waals surface area contributed by atoms with E-state index >= 15 is 0 Å². The predicted molar refractivity (Wildman–Crippen MR) is 75.2 cm³/mol. The Morgan fingerprint density at radius 1 is 1.14 bits per heavy atom. The van der Waals surface area contributed by atoms with Crippen molar-refractivity contribution in [1.82, 2.24) is 15.2 Å². The highest BCUT2D eigenvalue weighted by atomic mass is 32.2. The van der Waals surface area contributed by atoms with E-state index in [1.54, 1.807) is 18.2 Å². The number of sulfone groups is 1. The number of benzene rings is 1. The summed E-state index contributed by atoms with van der Waals surface area (Å²) in [6.45, 7) is 0. The summed E-state index contributed by atoms with van der Waals surface area (Å²) >= 11 is 0. The van der Waals surface area contributed by atoms with Crippen molar-refractivity contribution in [3.63, 3.8) is 0 Å². The second-order valence-corrected chi connectivity index (χ2v) is 6.21. The van der Waals surface area contributed by atoms with Crippen LogP contribution in [0.4, 0.5) is 0 Å². The molecule has 8 heteroatoms. The van der Waals surface area contributed by atoms with Crippen molar-refractivity contribution in [2.45, 2.75) is 10.1 Å². The van der Waals surface area contributed by atoms with Crippen LogP contribution in [0.5, 0.6) is 5.75 Å². The molecule has 0 aliphatic rings. The minimum Gasteiger partial charge on any atom is -0.497 e. The van der Waals surface area contributed by atoms with Gasteiger partial charge in [-0.3, -0.25) is 4.79 Å². The average molecular weight is 305 g/mol. The monoisotopic (exact) mass is 305 g/mol. The summed E-state index contributed by atoms with van der Waals surface area (Å²) in [5.41, 5.74) is 0.203. The highest BCUT2D eigenvalue weighted by Crippen LogP contribution is 2.25. The lowest BCUT2D eigenvalue weighted by Gasteiger charge is -1.99. The first-order chi connectivity index (χ1) is 10.0. The number of nitrogens with one attached hydrogen (secondary N) is 2. The number of aromatic amines is 2. The van der Waals surface area contributed by atoms with Crippen LogP contribution in [0.3, 0.4) is 0 Å². The minimum atomic E-state index is -3.81. The van der Waals surface area contributed by atoms with Crippen LogP contribution in [0, 0.1) is 0 Å². The number of methoxy groups -OCH3 is 1. The van der Waals surface area contributed by atoms with Crippen LogP contribution in [0.2, 0.25) is 0 Å². The Hall–Kier alpha value is -2.61. The number of fused-ring (bicyclic) bond motifs is 1. The molecule has 0 unspecified atom stereocenters. The van der Waals surface area contributed by atoms with E-state index in [-0.39, 0.29) is 10.1 Å².